The number of aliphatic hydroxyl groups is 6. The fourth-order valence-electron chi connectivity index (χ4n) is 10.5. The molecule has 0 bridgehead atoms. The Morgan fingerprint density at radius 3 is 1.98 bits per heavy atom. The third-order valence-electron chi connectivity index (χ3n) is 15.3. The standard InChI is InChI=1S/C59H72N8O19S/c1-4-5-6-23-83-41-18-16-37(17-19-41)35-10-8-34(9-11-35)36-12-14-38(15-13-36)53(75)62-42-26-39(69)28-61-57(79)51-52(74)31(2)29-67(51)59(81)50(45(72)21-22-60)65-56(78)49(46(73)24-33-7-20-44(71)47(25-33)84-87-86-85-82)64-55(77)43-27-40(70)30-66(43)58(80)48(32(3)68)63-54(42)76/h7-20,25,31-32,39-40,42-43,45-46,48-52,68-74,82H,4-6,21,23-24,26-30H2,1-3H3,(H,61,79)(H,62,75)(H,63,76)(H,64,77)(H,65,78)/t31?,32?,39-,40?,42-,43?,45+,46+,48?,49?,50-,51?,52-/m0/s1. The van der Waals surface area contributed by atoms with E-state index >= 15 is 0 Å². The predicted molar refractivity (Wildman–Crippen MR) is 309 cm³/mol. The van der Waals surface area contributed by atoms with Crippen LogP contribution in [0, 0.1) is 17.2 Å². The van der Waals surface area contributed by atoms with Gasteiger partial charge in [0.1, 0.15) is 42.0 Å². The van der Waals surface area contributed by atoms with Gasteiger partial charge in [-0.3, -0.25) is 33.6 Å². The summed E-state index contributed by atoms with van der Waals surface area (Å²) in [5.41, 5.74) is 3.64. The molecule has 7 unspecified atom stereocenters. The zero-order valence-corrected chi connectivity index (χ0v) is 48.6. The number of unbranched alkanes of at least 4 members (excludes halogenated alkanes) is 2. The van der Waals surface area contributed by atoms with E-state index in [2.05, 4.69) is 42.9 Å². The lowest BCUT2D eigenvalue weighted by atomic mass is 9.98. The number of amides is 7. The van der Waals surface area contributed by atoms with Crippen molar-refractivity contribution in [2.45, 2.75) is 139 Å². The number of nitrogens with one attached hydrogen (secondary N) is 5. The first kappa shape index (κ1) is 66.6. The van der Waals surface area contributed by atoms with Gasteiger partial charge in [-0.05, 0) is 77.6 Å². The molecule has 87 heavy (non-hydrogen) atoms. The minimum absolute atomic E-state index is 0.0536. The highest BCUT2D eigenvalue weighted by Gasteiger charge is 2.50. The number of ether oxygens (including phenoxy) is 1. The summed E-state index contributed by atoms with van der Waals surface area (Å²) in [6.07, 6.45) is -9.89. The normalized spacial score (nSPS) is 25.3. The van der Waals surface area contributed by atoms with Crippen LogP contribution in [0.25, 0.3) is 22.3 Å². The Labute approximate surface area is 504 Å². The molecule has 0 aliphatic carbocycles. The summed E-state index contributed by atoms with van der Waals surface area (Å²) >= 11 is 0.0690. The van der Waals surface area contributed by atoms with Crippen LogP contribution in [0.2, 0.25) is 0 Å². The van der Waals surface area contributed by atoms with Crippen LogP contribution in [0.3, 0.4) is 0 Å². The fraction of sp³-hybridized carbons (Fsp3) is 0.458. The number of aliphatic hydroxyl groups excluding tert-OH is 6. The van der Waals surface area contributed by atoms with E-state index < -0.39 is 165 Å². The van der Waals surface area contributed by atoms with Crippen molar-refractivity contribution in [1.82, 2.24) is 36.4 Å². The Bertz CT molecular complexity index is 3080. The first-order valence-electron chi connectivity index (χ1n) is 28.3. The zero-order valence-electron chi connectivity index (χ0n) is 47.8. The van der Waals surface area contributed by atoms with Crippen LogP contribution in [-0.2, 0) is 44.6 Å². The van der Waals surface area contributed by atoms with Crippen LogP contribution in [-0.4, -0.2) is 191 Å². The highest BCUT2D eigenvalue weighted by Crippen LogP contribution is 2.32. The highest BCUT2D eigenvalue weighted by molar-refractivity contribution is 7.90. The molecular formula is C59H72N8O19S. The van der Waals surface area contributed by atoms with Crippen LogP contribution in [0.5, 0.6) is 17.2 Å². The molecule has 0 spiro atoms. The Hall–Kier alpha value is -7.95. The maximum absolute atomic E-state index is 14.6. The molecule has 4 aromatic rings. The van der Waals surface area contributed by atoms with Crippen LogP contribution in [0.1, 0.15) is 75.2 Å². The van der Waals surface area contributed by atoms with Gasteiger partial charge in [-0.25, -0.2) is 5.26 Å². The Kier molecular flexibility index (Phi) is 23.8. The number of nitriles is 1. The molecule has 3 fully saturated rings. The number of phenolic OH excluding ortho intramolecular Hbond substituents is 1. The Balaban J connectivity index is 1.18. The van der Waals surface area contributed by atoms with Gasteiger partial charge in [0.15, 0.2) is 11.5 Å². The lowest BCUT2D eigenvalue weighted by molar-refractivity contribution is -0.433. The van der Waals surface area contributed by atoms with Crippen LogP contribution in [0.4, 0.5) is 0 Å². The van der Waals surface area contributed by atoms with E-state index in [0.717, 1.165) is 76.1 Å². The predicted octanol–water partition coefficient (Wildman–Crippen LogP) is 0.521. The van der Waals surface area contributed by atoms with E-state index in [4.69, 9.17) is 14.2 Å². The van der Waals surface area contributed by atoms with E-state index in [1.54, 1.807) is 18.2 Å². The first-order valence-corrected chi connectivity index (χ1v) is 28.9. The monoisotopic (exact) mass is 1230 g/mol. The number of β-amino-alcohol motifs (C(OH)–C–C–N with tert-alkyl or cyclic N) is 1. The van der Waals surface area contributed by atoms with E-state index in [1.165, 1.54) is 25.1 Å². The summed E-state index contributed by atoms with van der Waals surface area (Å²) in [7, 11) is 0. The molecule has 0 radical (unpaired) electrons. The van der Waals surface area contributed by atoms with E-state index in [0.29, 0.717) is 6.61 Å². The molecular weight excluding hydrogens is 1160 g/mol. The Morgan fingerprint density at radius 2 is 1.36 bits per heavy atom. The lowest BCUT2D eigenvalue weighted by Crippen LogP contribution is -2.64. The van der Waals surface area contributed by atoms with Crippen molar-refractivity contribution in [2.75, 3.05) is 26.2 Å². The van der Waals surface area contributed by atoms with Gasteiger partial charge >= 0.3 is 0 Å². The number of nitrogens with zero attached hydrogens (tertiary/aromatic N) is 3. The minimum atomic E-state index is -2.15. The van der Waals surface area contributed by atoms with Crippen molar-refractivity contribution in [1.29, 1.82) is 5.26 Å². The number of rotatable bonds is 19. The van der Waals surface area contributed by atoms with E-state index in [-0.39, 0.29) is 35.7 Å². The van der Waals surface area contributed by atoms with Crippen molar-refractivity contribution in [3.8, 4) is 45.6 Å². The summed E-state index contributed by atoms with van der Waals surface area (Å²) in [5, 5.41) is 112. The second-order valence-corrected chi connectivity index (χ2v) is 22.1. The molecule has 0 aromatic heterocycles. The van der Waals surface area contributed by atoms with E-state index in [9.17, 15) is 74.6 Å². The summed E-state index contributed by atoms with van der Waals surface area (Å²) < 4.78 is 15.2. The first-order chi connectivity index (χ1) is 41.6. The largest absolute Gasteiger partial charge is 0.504 e. The molecule has 13 atom stereocenters. The van der Waals surface area contributed by atoms with Gasteiger partial charge in [-0.1, -0.05) is 90.7 Å². The number of benzene rings is 4. The molecule has 3 heterocycles. The number of phenols is 1. The second kappa shape index (κ2) is 31.1. The topological polar surface area (TPSA) is 409 Å². The summed E-state index contributed by atoms with van der Waals surface area (Å²) in [6.45, 7) is 3.77. The molecule has 7 amide bonds. The van der Waals surface area contributed by atoms with Gasteiger partial charge in [-0.2, -0.15) is 5.26 Å². The third kappa shape index (κ3) is 17.2. The number of carbonyl (C=O) groups excluding carboxylic acids is 7. The van der Waals surface area contributed by atoms with Gasteiger partial charge in [0.25, 0.3) is 18.2 Å². The van der Waals surface area contributed by atoms with Gasteiger partial charge in [0, 0.05) is 50.4 Å². The van der Waals surface area contributed by atoms with Gasteiger partial charge in [0.2, 0.25) is 35.4 Å². The van der Waals surface area contributed by atoms with Crippen molar-refractivity contribution in [3.63, 3.8) is 0 Å². The molecule has 3 aliphatic heterocycles. The average Bonchev–Trinajstić information content (AvgIpc) is 2.12. The number of aromatic hydroxyl groups is 1. The van der Waals surface area contributed by atoms with Gasteiger partial charge < -0.3 is 81.0 Å². The number of hydrogen-bond acceptors (Lipinski definition) is 21. The van der Waals surface area contributed by atoms with Crippen molar-refractivity contribution < 1.29 is 92.9 Å². The smallest absolute Gasteiger partial charge is 0.261 e. The fourth-order valence-corrected chi connectivity index (χ4v) is 10.8. The van der Waals surface area contributed by atoms with E-state index in [1.807, 2.05) is 48.5 Å². The maximum atomic E-state index is 14.6. The van der Waals surface area contributed by atoms with Crippen LogP contribution in [0.15, 0.2) is 91.0 Å². The molecule has 27 nitrogen and oxygen atoms in total. The summed E-state index contributed by atoms with van der Waals surface area (Å²) in [6, 6.07) is 15.7. The summed E-state index contributed by atoms with van der Waals surface area (Å²) in [4.78, 5) is 103. The van der Waals surface area contributed by atoms with Crippen LogP contribution >= 0.6 is 12.3 Å². The third-order valence-corrected chi connectivity index (χ3v) is 15.6. The molecule has 28 heteroatoms. The number of hydrogen-bond donors (Lipinski definition) is 13. The van der Waals surface area contributed by atoms with Gasteiger partial charge in [-0.15, -0.1) is 0 Å². The molecule has 4 aromatic carbocycles. The highest BCUT2D eigenvalue weighted by atomic mass is 32.2. The van der Waals surface area contributed by atoms with Crippen molar-refractivity contribution >= 4 is 53.7 Å². The maximum Gasteiger partial charge on any atom is 0.261 e. The summed E-state index contributed by atoms with van der Waals surface area (Å²) in [5.74, 6) is -8.80. The molecule has 3 aliphatic rings. The SMILES string of the molecule is CCCCCOc1ccc(-c2ccc(-c3ccc(C(=O)N[C@H]4C[C@H](O)CNC(=O)C5[C@@H](O)C(C)CN5C(=O)[C@H]([C@H](O)CC#N)NC(=O)C([C@H](O)Cc5ccc(O)c(OSOOO)c5)NC(=O)C5CC(O)CN5C(=O)C(C(C)O)NC4=O)cc3)cc2)cc1. The molecule has 0 saturated carbocycles. The lowest BCUT2D eigenvalue weighted by Gasteiger charge is -2.33. The number of fused-ring (bicyclic) bond motifs is 2. The zero-order chi connectivity index (χ0) is 63.1. The molecule has 13 N–H and O–H groups in total. The van der Waals surface area contributed by atoms with Gasteiger partial charge in [0.05, 0.1) is 55.7 Å². The van der Waals surface area contributed by atoms with Crippen molar-refractivity contribution in [3.05, 3.63) is 102 Å². The Morgan fingerprint density at radius 1 is 0.747 bits per heavy atom. The quantitative estimate of drug-likeness (QED) is 0.0263. The average molecular weight is 1230 g/mol. The van der Waals surface area contributed by atoms with Crippen LogP contribution < -0.4 is 35.5 Å². The molecule has 3 saturated heterocycles. The number of carbonyl (C=O) groups is 7. The second-order valence-electron chi connectivity index (χ2n) is 21.7. The van der Waals surface area contributed by atoms with Crippen molar-refractivity contribution in [2.24, 2.45) is 5.92 Å². The molecule has 468 valence electrons. The molecule has 7 rings (SSSR count). The minimum Gasteiger partial charge on any atom is -0.504 e.